The van der Waals surface area contributed by atoms with Crippen molar-refractivity contribution in [1.82, 2.24) is 10.2 Å². The third kappa shape index (κ3) is 9.16. The third-order valence-electron chi connectivity index (χ3n) is 4.91. The quantitative estimate of drug-likeness (QED) is 0.433. The predicted octanol–water partition coefficient (Wildman–Crippen LogP) is 5.00. The fraction of sp³-hybridized carbons (Fsp3) is 0.478. The number of aryl methyl sites for hydroxylation is 1. The Morgan fingerprint density at radius 3 is 2.42 bits per heavy atom. The number of ether oxygens (including phenoxy) is 3. The largest absolute Gasteiger partial charge is 0.490 e. The number of nitrogens with zero attached hydrogens (tertiary/aromatic N) is 1. The molecule has 1 aliphatic heterocycles. The van der Waals surface area contributed by atoms with Crippen LogP contribution in [0.25, 0.3) is 0 Å². The highest BCUT2D eigenvalue weighted by Gasteiger charge is 2.13. The van der Waals surface area contributed by atoms with Crippen LogP contribution >= 0.6 is 40.7 Å². The molecule has 174 valence electrons. The summed E-state index contributed by atoms with van der Waals surface area (Å²) >= 11 is 3.67. The van der Waals surface area contributed by atoms with E-state index in [1.807, 2.05) is 6.92 Å². The van der Waals surface area contributed by atoms with E-state index in [1.165, 1.54) is 11.1 Å². The Hall–Kier alpha value is -1.02. The summed E-state index contributed by atoms with van der Waals surface area (Å²) in [5.41, 5.74) is 3.55. The molecule has 0 radical (unpaired) electrons. The summed E-state index contributed by atoms with van der Waals surface area (Å²) in [5.74, 6) is 1.53. The molecule has 0 spiro atoms. The van der Waals surface area contributed by atoms with E-state index in [4.69, 9.17) is 14.2 Å². The summed E-state index contributed by atoms with van der Waals surface area (Å²) in [6.07, 6.45) is 0. The van der Waals surface area contributed by atoms with Gasteiger partial charge in [0.1, 0.15) is 6.61 Å². The highest BCUT2D eigenvalue weighted by molar-refractivity contribution is 9.10. The second-order valence-electron chi connectivity index (χ2n) is 7.24. The summed E-state index contributed by atoms with van der Waals surface area (Å²) in [7, 11) is 0. The van der Waals surface area contributed by atoms with Gasteiger partial charge in [0.2, 0.25) is 0 Å². The first-order valence-corrected chi connectivity index (χ1v) is 11.1. The standard InChI is InChI=1S/C23H31BrN2O3.2ClH/c1-3-28-22-15-20(16-25-8-9-26-10-12-27-13-11-26)14-21(24)23(22)29-17-19-6-4-18(2)5-7-19;;/h4-7,14-15,25H,3,8-13,16-17H2,1-2H3;2*1H. The Morgan fingerprint density at radius 1 is 1.03 bits per heavy atom. The Labute approximate surface area is 206 Å². The number of hydrogen-bond donors (Lipinski definition) is 1. The number of morpholine rings is 1. The van der Waals surface area contributed by atoms with Crippen molar-refractivity contribution in [1.29, 1.82) is 0 Å². The molecule has 0 saturated carbocycles. The average Bonchev–Trinajstić information content (AvgIpc) is 2.73. The topological polar surface area (TPSA) is 43.0 Å². The van der Waals surface area contributed by atoms with Gasteiger partial charge in [-0.1, -0.05) is 29.8 Å². The van der Waals surface area contributed by atoms with Gasteiger partial charge in [0.05, 0.1) is 24.3 Å². The molecule has 31 heavy (non-hydrogen) atoms. The maximum Gasteiger partial charge on any atom is 0.175 e. The van der Waals surface area contributed by atoms with Gasteiger partial charge in [0.25, 0.3) is 0 Å². The van der Waals surface area contributed by atoms with Crippen LogP contribution in [0, 0.1) is 6.92 Å². The lowest BCUT2D eigenvalue weighted by Crippen LogP contribution is -2.40. The minimum absolute atomic E-state index is 0. The second-order valence-corrected chi connectivity index (χ2v) is 8.10. The van der Waals surface area contributed by atoms with Crippen LogP contribution in [0.4, 0.5) is 0 Å². The van der Waals surface area contributed by atoms with E-state index in [0.29, 0.717) is 13.2 Å². The van der Waals surface area contributed by atoms with Gasteiger partial charge in [-0.25, -0.2) is 0 Å². The maximum atomic E-state index is 6.10. The van der Waals surface area contributed by atoms with Crippen LogP contribution in [0.3, 0.4) is 0 Å². The van der Waals surface area contributed by atoms with Gasteiger partial charge in [-0.05, 0) is 53.0 Å². The lowest BCUT2D eigenvalue weighted by atomic mass is 10.1. The molecule has 0 aromatic heterocycles. The molecule has 0 unspecified atom stereocenters. The van der Waals surface area contributed by atoms with E-state index in [2.05, 4.69) is 69.5 Å². The van der Waals surface area contributed by atoms with E-state index in [1.54, 1.807) is 0 Å². The van der Waals surface area contributed by atoms with E-state index in [-0.39, 0.29) is 24.8 Å². The molecule has 1 N–H and O–H groups in total. The van der Waals surface area contributed by atoms with Crippen molar-refractivity contribution in [3.8, 4) is 11.5 Å². The molecule has 0 aliphatic carbocycles. The zero-order valence-corrected chi connectivity index (χ0v) is 21.4. The summed E-state index contributed by atoms with van der Waals surface area (Å²) in [6, 6.07) is 12.6. The van der Waals surface area contributed by atoms with Crippen LogP contribution in [-0.4, -0.2) is 50.9 Å². The van der Waals surface area contributed by atoms with Gasteiger partial charge in [0.15, 0.2) is 11.5 Å². The molecule has 0 amide bonds. The minimum atomic E-state index is 0. The number of nitrogens with one attached hydrogen (secondary N) is 1. The molecule has 2 aromatic rings. The Bertz CT molecular complexity index is 772. The molecule has 2 aromatic carbocycles. The van der Waals surface area contributed by atoms with Gasteiger partial charge in [-0.3, -0.25) is 4.90 Å². The van der Waals surface area contributed by atoms with E-state index < -0.39 is 0 Å². The van der Waals surface area contributed by atoms with Crippen LogP contribution in [0.2, 0.25) is 0 Å². The van der Waals surface area contributed by atoms with Gasteiger partial charge in [-0.2, -0.15) is 0 Å². The lowest BCUT2D eigenvalue weighted by molar-refractivity contribution is 0.0384. The van der Waals surface area contributed by atoms with Crippen molar-refractivity contribution >= 4 is 40.7 Å². The summed E-state index contributed by atoms with van der Waals surface area (Å²) in [5, 5.41) is 3.53. The van der Waals surface area contributed by atoms with Crippen molar-refractivity contribution < 1.29 is 14.2 Å². The molecule has 8 heteroatoms. The first-order valence-electron chi connectivity index (χ1n) is 10.3. The average molecular weight is 536 g/mol. The smallest absolute Gasteiger partial charge is 0.175 e. The number of hydrogen-bond acceptors (Lipinski definition) is 5. The molecule has 5 nitrogen and oxygen atoms in total. The molecular formula is C23H33BrCl2N2O3. The van der Waals surface area contributed by atoms with E-state index in [0.717, 1.165) is 67.5 Å². The van der Waals surface area contributed by atoms with Gasteiger partial charge in [0, 0.05) is 32.7 Å². The van der Waals surface area contributed by atoms with Crippen LogP contribution < -0.4 is 14.8 Å². The predicted molar refractivity (Wildman–Crippen MR) is 134 cm³/mol. The Morgan fingerprint density at radius 2 is 1.74 bits per heavy atom. The minimum Gasteiger partial charge on any atom is -0.490 e. The first kappa shape index (κ1) is 28.0. The zero-order chi connectivity index (χ0) is 20.5. The van der Waals surface area contributed by atoms with E-state index >= 15 is 0 Å². The molecule has 0 bridgehead atoms. The molecular weight excluding hydrogens is 503 g/mol. The molecule has 0 atom stereocenters. The number of rotatable bonds is 10. The van der Waals surface area contributed by atoms with Crippen LogP contribution in [-0.2, 0) is 17.9 Å². The molecule has 1 heterocycles. The van der Waals surface area contributed by atoms with Crippen molar-refractivity contribution in [3.05, 3.63) is 57.6 Å². The second kappa shape index (κ2) is 14.9. The Balaban J connectivity index is 0.00000240. The van der Waals surface area contributed by atoms with Crippen molar-refractivity contribution in [2.75, 3.05) is 46.0 Å². The van der Waals surface area contributed by atoms with Crippen LogP contribution in [0.5, 0.6) is 11.5 Å². The van der Waals surface area contributed by atoms with Crippen molar-refractivity contribution in [2.24, 2.45) is 0 Å². The lowest BCUT2D eigenvalue weighted by Gasteiger charge is -2.26. The van der Waals surface area contributed by atoms with Crippen LogP contribution in [0.15, 0.2) is 40.9 Å². The molecule has 1 saturated heterocycles. The number of halogens is 3. The third-order valence-corrected chi connectivity index (χ3v) is 5.50. The summed E-state index contributed by atoms with van der Waals surface area (Å²) in [6.45, 7) is 11.7. The summed E-state index contributed by atoms with van der Waals surface area (Å²) in [4.78, 5) is 2.43. The maximum absolute atomic E-state index is 6.10. The highest BCUT2D eigenvalue weighted by Crippen LogP contribution is 2.37. The van der Waals surface area contributed by atoms with Crippen molar-refractivity contribution in [3.63, 3.8) is 0 Å². The fourth-order valence-electron chi connectivity index (χ4n) is 3.26. The zero-order valence-electron chi connectivity index (χ0n) is 18.2. The first-order chi connectivity index (χ1) is 14.2. The molecule has 1 aliphatic rings. The van der Waals surface area contributed by atoms with E-state index in [9.17, 15) is 0 Å². The SMILES string of the molecule is CCOc1cc(CNCCN2CCOCC2)cc(Br)c1OCc1ccc(C)cc1.Cl.Cl. The Kier molecular flexibility index (Phi) is 13.5. The number of benzene rings is 2. The highest BCUT2D eigenvalue weighted by atomic mass is 79.9. The van der Waals surface area contributed by atoms with Crippen LogP contribution in [0.1, 0.15) is 23.6 Å². The summed E-state index contributed by atoms with van der Waals surface area (Å²) < 4.78 is 18.3. The van der Waals surface area contributed by atoms with Crippen molar-refractivity contribution in [2.45, 2.75) is 27.0 Å². The molecule has 1 fully saturated rings. The normalized spacial score (nSPS) is 13.8. The van der Waals surface area contributed by atoms with Gasteiger partial charge >= 0.3 is 0 Å². The van der Waals surface area contributed by atoms with Gasteiger partial charge < -0.3 is 19.5 Å². The monoisotopic (exact) mass is 534 g/mol. The molecule has 3 rings (SSSR count). The fourth-order valence-corrected chi connectivity index (χ4v) is 3.86. The van der Waals surface area contributed by atoms with Gasteiger partial charge in [-0.15, -0.1) is 24.8 Å².